The molecule has 0 saturated carbocycles. The van der Waals surface area contributed by atoms with Crippen LogP contribution in [0.5, 0.6) is 0 Å². The molecule has 0 unspecified atom stereocenters. The van der Waals surface area contributed by atoms with Gasteiger partial charge in [-0.3, -0.25) is 0 Å². The van der Waals surface area contributed by atoms with Crippen molar-refractivity contribution in [3.05, 3.63) is 12.7 Å². The van der Waals surface area contributed by atoms with E-state index in [9.17, 15) is 0 Å². The summed E-state index contributed by atoms with van der Waals surface area (Å²) in [5.41, 5.74) is 0. The molecule has 0 rings (SSSR count). The number of hydrogen-bond acceptors (Lipinski definition) is 0. The molecule has 2 heteroatoms. The zero-order valence-electron chi connectivity index (χ0n) is 5.20. The summed E-state index contributed by atoms with van der Waals surface area (Å²) < 4.78 is 0. The molecule has 0 bridgehead atoms. The first-order valence-corrected chi connectivity index (χ1v) is 4.91. The predicted octanol–water partition coefficient (Wildman–Crippen LogP) is -0.688. The Balaban J connectivity index is 0. The van der Waals surface area contributed by atoms with Crippen molar-refractivity contribution >= 4 is 0 Å². The zero-order valence-corrected chi connectivity index (χ0v) is 9.75. The first-order chi connectivity index (χ1) is 3.41. The molecule has 0 radical (unpaired) electrons. The molecule has 0 atom stereocenters. The van der Waals surface area contributed by atoms with Crippen LogP contribution in [0.2, 0.25) is 5.02 Å². The molecule has 44 valence electrons. The van der Waals surface area contributed by atoms with Crippen LogP contribution < -0.4 is 17.0 Å². The smallest absolute Gasteiger partial charge is 1.00 e. The standard InChI is InChI=1S/C6H11.BrH.Zn/c1-3-5-6-4-2;;/h3H,1-2,4-6H2;1H;/q;;+1/p-1. The van der Waals surface area contributed by atoms with E-state index < -0.39 is 0 Å². The van der Waals surface area contributed by atoms with Crippen LogP contribution in [0.15, 0.2) is 12.7 Å². The van der Waals surface area contributed by atoms with Crippen LogP contribution in [0.4, 0.5) is 0 Å². The summed E-state index contributed by atoms with van der Waals surface area (Å²) in [5, 5.41) is 1.44. The van der Waals surface area contributed by atoms with Gasteiger partial charge >= 0.3 is 55.2 Å². The minimum atomic E-state index is 0. The molecule has 0 N–H and O–H groups in total. The molecule has 0 saturated heterocycles. The van der Waals surface area contributed by atoms with Crippen molar-refractivity contribution in [1.82, 2.24) is 0 Å². The molecular formula is C6H11BrZn. The van der Waals surface area contributed by atoms with E-state index in [0.717, 1.165) is 0 Å². The Morgan fingerprint density at radius 3 is 2.38 bits per heavy atom. The molecule has 0 nitrogen and oxygen atoms in total. The van der Waals surface area contributed by atoms with Gasteiger partial charge in [0.2, 0.25) is 0 Å². The van der Waals surface area contributed by atoms with Gasteiger partial charge < -0.3 is 17.0 Å². The quantitative estimate of drug-likeness (QED) is 0.340. The van der Waals surface area contributed by atoms with Crippen LogP contribution in [-0.2, 0) is 18.3 Å². The largest absolute Gasteiger partial charge is 1.00 e. The van der Waals surface area contributed by atoms with Crippen LogP contribution in [0.3, 0.4) is 0 Å². The Bertz CT molecular complexity index is 45.8. The van der Waals surface area contributed by atoms with E-state index in [-0.39, 0.29) is 17.0 Å². The molecule has 0 amide bonds. The first-order valence-electron chi connectivity index (χ1n) is 2.82. The van der Waals surface area contributed by atoms with Crippen molar-refractivity contribution < 1.29 is 35.3 Å². The van der Waals surface area contributed by atoms with Gasteiger partial charge in [0.15, 0.2) is 0 Å². The maximum atomic E-state index is 3.64. The number of allylic oxidation sites excluding steroid dienone is 1. The molecule has 0 aliphatic carbocycles. The second-order valence-electron chi connectivity index (χ2n) is 1.64. The van der Waals surface area contributed by atoms with Crippen LogP contribution >= 0.6 is 0 Å². The van der Waals surface area contributed by atoms with Gasteiger partial charge in [0, 0.05) is 0 Å². The van der Waals surface area contributed by atoms with E-state index in [1.54, 1.807) is 0 Å². The number of unbranched alkanes of at least 4 members (excludes halogenated alkanes) is 2. The first kappa shape index (κ1) is 11.6. The summed E-state index contributed by atoms with van der Waals surface area (Å²) in [6.45, 7) is 3.64. The second-order valence-corrected chi connectivity index (χ2v) is 3.12. The Morgan fingerprint density at radius 1 is 1.38 bits per heavy atom. The van der Waals surface area contributed by atoms with E-state index in [1.165, 1.54) is 42.6 Å². The molecule has 0 aromatic rings. The SMILES string of the molecule is C=CCCC[CH2][Zn+].[Br-]. The van der Waals surface area contributed by atoms with Gasteiger partial charge in [0.25, 0.3) is 0 Å². The average Bonchev–Trinajstić information content (AvgIpc) is 1.69. The van der Waals surface area contributed by atoms with Crippen LogP contribution in [-0.4, -0.2) is 0 Å². The van der Waals surface area contributed by atoms with Crippen molar-refractivity contribution in [3.63, 3.8) is 0 Å². The Morgan fingerprint density at radius 2 is 2.00 bits per heavy atom. The maximum absolute atomic E-state index is 3.64. The van der Waals surface area contributed by atoms with Crippen LogP contribution in [0.1, 0.15) is 19.3 Å². The van der Waals surface area contributed by atoms with Gasteiger partial charge in [-0.15, -0.1) is 0 Å². The molecule has 0 aromatic carbocycles. The number of halogens is 1. The summed E-state index contributed by atoms with van der Waals surface area (Å²) in [5.74, 6) is 0. The number of rotatable bonds is 4. The fraction of sp³-hybridized carbons (Fsp3) is 0.667. The third kappa shape index (κ3) is 9.96. The monoisotopic (exact) mass is 226 g/mol. The normalized spacial score (nSPS) is 7.75. The number of hydrogen-bond donors (Lipinski definition) is 0. The van der Waals surface area contributed by atoms with Crippen molar-refractivity contribution in [2.45, 2.75) is 24.3 Å². The predicted molar refractivity (Wildman–Crippen MR) is 28.9 cm³/mol. The summed E-state index contributed by atoms with van der Waals surface area (Å²) in [6, 6.07) is 0. The van der Waals surface area contributed by atoms with Gasteiger partial charge in [0.1, 0.15) is 0 Å². The maximum Gasteiger partial charge on any atom is -1.00 e. The van der Waals surface area contributed by atoms with E-state index in [4.69, 9.17) is 0 Å². The average molecular weight is 228 g/mol. The van der Waals surface area contributed by atoms with E-state index in [1.807, 2.05) is 6.08 Å². The van der Waals surface area contributed by atoms with Crippen molar-refractivity contribution in [1.29, 1.82) is 0 Å². The van der Waals surface area contributed by atoms with E-state index >= 15 is 0 Å². The van der Waals surface area contributed by atoms with E-state index in [0.29, 0.717) is 0 Å². The van der Waals surface area contributed by atoms with Crippen LogP contribution in [0.25, 0.3) is 0 Å². The molecule has 0 spiro atoms. The van der Waals surface area contributed by atoms with Gasteiger partial charge in [-0.1, -0.05) is 0 Å². The fourth-order valence-electron chi connectivity index (χ4n) is 0.465. The van der Waals surface area contributed by atoms with Gasteiger partial charge in [-0.05, 0) is 0 Å². The third-order valence-electron chi connectivity index (χ3n) is 0.908. The van der Waals surface area contributed by atoms with Crippen molar-refractivity contribution in [2.75, 3.05) is 0 Å². The summed E-state index contributed by atoms with van der Waals surface area (Å²) in [4.78, 5) is 0. The summed E-state index contributed by atoms with van der Waals surface area (Å²) in [7, 11) is 0. The van der Waals surface area contributed by atoms with Gasteiger partial charge in [-0.25, -0.2) is 0 Å². The van der Waals surface area contributed by atoms with Gasteiger partial charge in [-0.2, -0.15) is 0 Å². The van der Waals surface area contributed by atoms with E-state index in [2.05, 4.69) is 6.58 Å². The fourth-order valence-corrected chi connectivity index (χ4v) is 1.21. The Kier molecular flexibility index (Phi) is 15.6. The molecule has 0 heterocycles. The van der Waals surface area contributed by atoms with Crippen molar-refractivity contribution in [3.8, 4) is 0 Å². The zero-order chi connectivity index (χ0) is 5.54. The van der Waals surface area contributed by atoms with Crippen molar-refractivity contribution in [2.24, 2.45) is 0 Å². The minimum absolute atomic E-state index is 0. The van der Waals surface area contributed by atoms with Gasteiger partial charge in [0.05, 0.1) is 0 Å². The minimum Gasteiger partial charge on any atom is -1.00 e. The summed E-state index contributed by atoms with van der Waals surface area (Å²) >= 11 is 1.46. The molecular weight excluding hydrogens is 217 g/mol. The molecule has 0 fully saturated rings. The topological polar surface area (TPSA) is 0 Å². The summed E-state index contributed by atoms with van der Waals surface area (Å²) in [6.07, 6.45) is 5.96. The molecule has 0 aromatic heterocycles. The molecule has 0 aliphatic heterocycles. The second kappa shape index (κ2) is 10.8. The van der Waals surface area contributed by atoms with Crippen LogP contribution in [0, 0.1) is 0 Å². The molecule has 0 aliphatic rings. The Labute approximate surface area is 72.2 Å². The Hall–Kier alpha value is 0.843. The molecule has 8 heavy (non-hydrogen) atoms. The third-order valence-corrected chi connectivity index (χ3v) is 1.96.